The van der Waals surface area contributed by atoms with Gasteiger partial charge in [0.15, 0.2) is 24.8 Å². The van der Waals surface area contributed by atoms with Crippen LogP contribution >= 0.6 is 45.2 Å². The molecule has 0 aliphatic heterocycles. The van der Waals surface area contributed by atoms with E-state index in [1.807, 2.05) is 24.3 Å². The van der Waals surface area contributed by atoms with Gasteiger partial charge in [-0.25, -0.2) is 0 Å². The lowest BCUT2D eigenvalue weighted by Crippen LogP contribution is -2.35. The molecule has 0 fully saturated rings. The van der Waals surface area contributed by atoms with E-state index in [0.717, 1.165) is 11.4 Å². The first-order chi connectivity index (χ1) is 12.6. The normalized spacial score (nSPS) is 13.5. The number of nitrogens with two attached hydrogens (primary N) is 2. The van der Waals surface area contributed by atoms with Gasteiger partial charge in [0.05, 0.1) is 0 Å². The highest BCUT2D eigenvalue weighted by atomic mass is 127. The summed E-state index contributed by atoms with van der Waals surface area (Å²) >= 11 is 5.04. The molecule has 142 valence electrons. The van der Waals surface area contributed by atoms with Crippen LogP contribution in [0.4, 0.5) is 11.4 Å². The van der Waals surface area contributed by atoms with Crippen LogP contribution in [0.3, 0.4) is 0 Å². The van der Waals surface area contributed by atoms with Crippen LogP contribution in [0, 0.1) is 0 Å². The summed E-state index contributed by atoms with van der Waals surface area (Å²) in [6, 6.07) is 7.87. The van der Waals surface area contributed by atoms with Crippen LogP contribution in [-0.4, -0.2) is 0 Å². The highest BCUT2D eigenvalue weighted by molar-refractivity contribution is 14.1. The summed E-state index contributed by atoms with van der Waals surface area (Å²) in [5.41, 5.74) is 13.1. The molecule has 6 heteroatoms. The zero-order valence-corrected chi connectivity index (χ0v) is 19.6. The molecule has 0 amide bonds. The van der Waals surface area contributed by atoms with Gasteiger partial charge in [-0.05, 0) is 58.0 Å². The minimum Gasteiger partial charge on any atom is -0.398 e. The van der Waals surface area contributed by atoms with Crippen molar-refractivity contribution in [3.8, 4) is 0 Å². The maximum atomic E-state index is 5.74. The minimum absolute atomic E-state index is 0.518. The number of hydrogen-bond donors (Lipinski definition) is 2. The molecule has 0 saturated heterocycles. The van der Waals surface area contributed by atoms with Crippen LogP contribution in [0.5, 0.6) is 0 Å². The maximum Gasteiger partial charge on any atom is 0.207 e. The maximum absolute atomic E-state index is 5.74. The molecule has 2 heterocycles. The SMILES string of the molecule is Nc1cc[n+](C(I)CCCCCCCCC(I)[n+]2ccc(N)cc2)cc1. The number of nitrogen functional groups attached to an aromatic ring is 2. The molecule has 0 saturated carbocycles. The van der Waals surface area contributed by atoms with Crippen LogP contribution in [0.15, 0.2) is 49.1 Å². The molecular weight excluding hydrogens is 550 g/mol. The fourth-order valence-corrected chi connectivity index (χ4v) is 4.53. The predicted molar refractivity (Wildman–Crippen MR) is 125 cm³/mol. The van der Waals surface area contributed by atoms with Crippen molar-refractivity contribution in [2.75, 3.05) is 11.5 Å². The summed E-state index contributed by atoms with van der Waals surface area (Å²) in [7, 11) is 0. The van der Waals surface area contributed by atoms with Crippen molar-refractivity contribution in [1.29, 1.82) is 0 Å². The van der Waals surface area contributed by atoms with Gasteiger partial charge in [0.1, 0.15) is 0 Å². The monoisotopic (exact) mass is 580 g/mol. The molecule has 2 aromatic heterocycles. The van der Waals surface area contributed by atoms with Gasteiger partial charge < -0.3 is 11.5 Å². The molecule has 0 radical (unpaired) electrons. The van der Waals surface area contributed by atoms with Gasteiger partial charge in [-0.1, -0.05) is 25.7 Å². The summed E-state index contributed by atoms with van der Waals surface area (Å²) < 4.78 is 5.52. The molecule has 4 nitrogen and oxygen atoms in total. The van der Waals surface area contributed by atoms with Crippen molar-refractivity contribution < 1.29 is 9.13 Å². The molecule has 0 aliphatic rings. The molecule has 0 aliphatic carbocycles. The number of unbranched alkanes of at least 4 members (excludes halogenated alkanes) is 5. The Hall–Kier alpha value is -0.640. The first-order valence-electron chi connectivity index (χ1n) is 9.37. The standard InChI is InChI=1S/C20H28I2N4/c21-19(25-13-9-17(23)10-14-25)7-5-3-1-2-4-6-8-20(22)26-15-11-18(24)12-16-26/h9-16,19-20,23-24H,1-8H2/p+2. The molecule has 0 bridgehead atoms. The molecule has 0 spiro atoms. The Bertz CT molecular complexity index is 574. The van der Waals surface area contributed by atoms with Crippen LogP contribution in [-0.2, 0) is 0 Å². The summed E-state index contributed by atoms with van der Waals surface area (Å²) in [6.45, 7) is 0. The Morgan fingerprint density at radius 1 is 0.615 bits per heavy atom. The highest BCUT2D eigenvalue weighted by Crippen LogP contribution is 2.20. The smallest absolute Gasteiger partial charge is 0.207 e. The lowest BCUT2D eigenvalue weighted by Gasteiger charge is -2.07. The summed E-state index contributed by atoms with van der Waals surface area (Å²) in [6.07, 6.45) is 18.7. The van der Waals surface area contributed by atoms with Gasteiger partial charge in [-0.15, -0.1) is 0 Å². The number of anilines is 2. The quantitative estimate of drug-likeness (QED) is 0.168. The average molecular weight is 580 g/mol. The molecule has 2 unspecified atom stereocenters. The zero-order valence-electron chi connectivity index (χ0n) is 15.2. The number of halogens is 2. The molecule has 4 N–H and O–H groups in total. The fourth-order valence-electron chi connectivity index (χ4n) is 2.90. The molecule has 2 aromatic rings. The number of rotatable bonds is 11. The van der Waals surface area contributed by atoms with E-state index in [9.17, 15) is 0 Å². The number of hydrogen-bond acceptors (Lipinski definition) is 2. The second-order valence-corrected chi connectivity index (χ2v) is 9.60. The lowest BCUT2D eigenvalue weighted by atomic mass is 10.1. The number of aromatic nitrogens is 2. The fraction of sp³-hybridized carbons (Fsp3) is 0.500. The second-order valence-electron chi connectivity index (χ2n) is 6.72. The van der Waals surface area contributed by atoms with E-state index in [0.29, 0.717) is 8.10 Å². The van der Waals surface area contributed by atoms with Crippen molar-refractivity contribution in [3.05, 3.63) is 49.1 Å². The molecule has 0 aromatic carbocycles. The van der Waals surface area contributed by atoms with Gasteiger partial charge in [0.2, 0.25) is 8.10 Å². The van der Waals surface area contributed by atoms with Crippen LogP contribution in [0.25, 0.3) is 0 Å². The highest BCUT2D eigenvalue weighted by Gasteiger charge is 2.14. The Balaban J connectivity index is 1.50. The molecule has 2 atom stereocenters. The Labute approximate surface area is 184 Å². The van der Waals surface area contributed by atoms with E-state index in [4.69, 9.17) is 11.5 Å². The number of pyridine rings is 2. The van der Waals surface area contributed by atoms with Gasteiger partial charge >= 0.3 is 0 Å². The summed E-state index contributed by atoms with van der Waals surface area (Å²) in [5, 5.41) is 0. The second kappa shape index (κ2) is 11.9. The van der Waals surface area contributed by atoms with E-state index < -0.39 is 0 Å². The molecule has 2 rings (SSSR count). The van der Waals surface area contributed by atoms with Gasteiger partial charge in [0.25, 0.3) is 0 Å². The van der Waals surface area contributed by atoms with Crippen LogP contribution in [0.1, 0.15) is 59.5 Å². The van der Waals surface area contributed by atoms with Crippen molar-refractivity contribution in [2.24, 2.45) is 0 Å². The van der Waals surface area contributed by atoms with Crippen molar-refractivity contribution in [1.82, 2.24) is 0 Å². The van der Waals surface area contributed by atoms with Crippen LogP contribution in [0.2, 0.25) is 0 Å². The Morgan fingerprint density at radius 3 is 1.27 bits per heavy atom. The topological polar surface area (TPSA) is 59.8 Å². The van der Waals surface area contributed by atoms with Crippen molar-refractivity contribution in [3.63, 3.8) is 0 Å². The van der Waals surface area contributed by atoms with E-state index in [1.165, 1.54) is 51.4 Å². The van der Waals surface area contributed by atoms with E-state index in [1.54, 1.807) is 0 Å². The van der Waals surface area contributed by atoms with Gasteiger partial charge in [-0.3, -0.25) is 0 Å². The minimum atomic E-state index is 0.518. The first-order valence-corrected chi connectivity index (χ1v) is 11.9. The third kappa shape index (κ3) is 7.94. The first kappa shape index (κ1) is 21.7. The summed E-state index contributed by atoms with van der Waals surface area (Å²) in [4.78, 5) is 0. The largest absolute Gasteiger partial charge is 0.398 e. The third-order valence-electron chi connectivity index (χ3n) is 4.54. The average Bonchev–Trinajstić information content (AvgIpc) is 2.64. The summed E-state index contributed by atoms with van der Waals surface area (Å²) in [5.74, 6) is 0. The number of nitrogens with zero attached hydrogens (tertiary/aromatic N) is 2. The molecule has 26 heavy (non-hydrogen) atoms. The van der Waals surface area contributed by atoms with Crippen LogP contribution < -0.4 is 20.6 Å². The van der Waals surface area contributed by atoms with E-state index >= 15 is 0 Å². The lowest BCUT2D eigenvalue weighted by molar-refractivity contribution is -0.694. The van der Waals surface area contributed by atoms with E-state index in [2.05, 4.69) is 79.1 Å². The predicted octanol–water partition coefficient (Wildman–Crippen LogP) is 5.11. The Kier molecular flexibility index (Phi) is 9.95. The van der Waals surface area contributed by atoms with Crippen molar-refractivity contribution in [2.45, 2.75) is 59.5 Å². The third-order valence-corrected chi connectivity index (χ3v) is 7.07. The Morgan fingerprint density at radius 2 is 0.923 bits per heavy atom. The zero-order chi connectivity index (χ0) is 18.8. The molecular formula is C20H30I2N4+2. The number of alkyl halides is 2. The van der Waals surface area contributed by atoms with Crippen molar-refractivity contribution >= 4 is 56.6 Å². The van der Waals surface area contributed by atoms with Gasteiger partial charge in [0, 0.05) is 48.5 Å². The van der Waals surface area contributed by atoms with Gasteiger partial charge in [-0.2, -0.15) is 9.13 Å². The van der Waals surface area contributed by atoms with E-state index in [-0.39, 0.29) is 0 Å².